The molecule has 5 nitrogen and oxygen atoms in total. The van der Waals surface area contributed by atoms with Crippen LogP contribution >= 0.6 is 0 Å². The molecule has 2 unspecified atom stereocenters. The lowest BCUT2D eigenvalue weighted by Gasteiger charge is -2.51. The van der Waals surface area contributed by atoms with Crippen LogP contribution < -0.4 is 31.1 Å². The fourth-order valence-corrected chi connectivity index (χ4v) is 16.8. The summed E-state index contributed by atoms with van der Waals surface area (Å²) in [5.74, 6) is 0. The minimum Gasteiger partial charge on any atom is -0.454 e. The Morgan fingerprint density at radius 3 is 1.60 bits per heavy atom. The predicted octanol–water partition coefficient (Wildman–Crippen LogP) is 21.2. The SMILES string of the molecule is Cc1cc2c(cc1N1c3cc(C(C)(C)C)cc4c3B(c3ccc(N5c6ccc(C(C)(C)C)cc6C6(C)CCCCC56C)cc3N4c3cccc4c3oc3ccc(C(C)(C)C)cc34)c3ccc4c(oc5ccc(C(C)(C)C)cc54)c31)C(C)(C)CCC2(C)C. The highest BCUT2D eigenvalue weighted by atomic mass is 16.3. The van der Waals surface area contributed by atoms with E-state index >= 15 is 0 Å². The molecule has 3 aliphatic heterocycles. The summed E-state index contributed by atoms with van der Waals surface area (Å²) in [6.45, 7) is 45.4. The van der Waals surface area contributed by atoms with Crippen LogP contribution in [0.3, 0.4) is 0 Å². The molecule has 2 aliphatic carbocycles. The van der Waals surface area contributed by atoms with Crippen molar-refractivity contribution in [1.82, 2.24) is 0 Å². The first kappa shape index (κ1) is 56.3. The van der Waals surface area contributed by atoms with Crippen molar-refractivity contribution in [2.24, 2.45) is 0 Å². The van der Waals surface area contributed by atoms with Crippen LogP contribution in [0.2, 0.25) is 0 Å². The van der Waals surface area contributed by atoms with Crippen LogP contribution in [-0.4, -0.2) is 12.3 Å². The molecule has 0 radical (unpaired) electrons. The van der Waals surface area contributed by atoms with Gasteiger partial charge in [-0.25, -0.2) is 0 Å². The van der Waals surface area contributed by atoms with Crippen LogP contribution in [0.25, 0.3) is 43.9 Å². The molecule has 0 saturated heterocycles. The average Bonchev–Trinajstić information content (AvgIpc) is 1.68. The Labute approximate surface area is 518 Å². The summed E-state index contributed by atoms with van der Waals surface area (Å²) < 4.78 is 14.8. The molecule has 15 rings (SSSR count). The number of aryl methyl sites for hydroxylation is 1. The minimum atomic E-state index is -0.230. The third-order valence-electron chi connectivity index (χ3n) is 22.6. The summed E-state index contributed by atoms with van der Waals surface area (Å²) in [5.41, 5.74) is 27.6. The number of anilines is 8. The van der Waals surface area contributed by atoms with Crippen LogP contribution in [0.4, 0.5) is 45.5 Å². The van der Waals surface area contributed by atoms with Gasteiger partial charge in [-0.15, -0.1) is 0 Å². The number of nitrogens with zero attached hydrogens (tertiary/aromatic N) is 3. The number of hydrogen-bond donors (Lipinski definition) is 0. The van der Waals surface area contributed by atoms with Crippen molar-refractivity contribution >= 4 is 112 Å². The Kier molecular flexibility index (Phi) is 11.7. The summed E-state index contributed by atoms with van der Waals surface area (Å²) in [4.78, 5) is 8.10. The maximum atomic E-state index is 7.48. The van der Waals surface area contributed by atoms with Crippen LogP contribution in [0.15, 0.2) is 136 Å². The van der Waals surface area contributed by atoms with Gasteiger partial charge in [0.2, 0.25) is 0 Å². The summed E-state index contributed by atoms with van der Waals surface area (Å²) in [6, 6.07) is 50.9. The first-order valence-corrected chi connectivity index (χ1v) is 32.8. The normalized spacial score (nSPS) is 20.5. The third-order valence-corrected chi connectivity index (χ3v) is 22.6. The van der Waals surface area contributed by atoms with E-state index in [-0.39, 0.29) is 50.2 Å². The fourth-order valence-electron chi connectivity index (χ4n) is 16.8. The van der Waals surface area contributed by atoms with Crippen LogP contribution in [0.1, 0.15) is 208 Å². The van der Waals surface area contributed by atoms with Gasteiger partial charge >= 0.3 is 0 Å². The van der Waals surface area contributed by atoms with Gasteiger partial charge in [-0.05, 0) is 200 Å². The maximum Gasteiger partial charge on any atom is 0.252 e. The molecular weight excluding hydrogens is 1060 g/mol. The molecule has 1 saturated carbocycles. The van der Waals surface area contributed by atoms with Crippen molar-refractivity contribution < 1.29 is 8.83 Å². The number of hydrogen-bond acceptors (Lipinski definition) is 5. The second-order valence-corrected chi connectivity index (χ2v) is 33.3. The lowest BCUT2D eigenvalue weighted by atomic mass is 9.33. The molecule has 0 amide bonds. The second kappa shape index (κ2) is 18.0. The monoisotopic (exact) mass is 1150 g/mol. The highest BCUT2D eigenvalue weighted by molar-refractivity contribution is 7.00. The summed E-state index contributed by atoms with van der Waals surface area (Å²) in [6.07, 6.45) is 7.01. The zero-order valence-electron chi connectivity index (χ0n) is 55.6. The lowest BCUT2D eigenvalue weighted by molar-refractivity contribution is 0.195. The highest BCUT2D eigenvalue weighted by Crippen LogP contribution is 2.62. The number of furan rings is 2. The van der Waals surface area contributed by atoms with Crippen molar-refractivity contribution in [3.05, 3.63) is 172 Å². The molecule has 2 atom stereocenters. The van der Waals surface area contributed by atoms with Crippen molar-refractivity contribution in [3.8, 4) is 0 Å². The Morgan fingerprint density at radius 1 is 0.414 bits per heavy atom. The molecular formula is C81H90BN3O2. The molecule has 0 bridgehead atoms. The second-order valence-electron chi connectivity index (χ2n) is 33.3. The standard InChI is InChI=1S/C81H90BN3O2/c1-47-39-57-58(79(16,17)38-37-78(57,14)15)46-64(47)84-67-44-51(77(11,12)13)43-66-70(67)82(61-31-29-54-56-41-49(75(5,6)7)27-34-69(56)87-73(54)71(61)84)60-30-28-52(85-62-32-25-50(76(8,9)10)42-59(62)80(18)35-20-21-36-81(80,85)19)45-65(60)83(66)63-24-22-23-53-55-40-48(74(2,3)4)26-33-68(55)86-72(53)63/h22-34,39-46H,20-21,35-38H2,1-19H3. The lowest BCUT2D eigenvalue weighted by Crippen LogP contribution is -2.61. The van der Waals surface area contributed by atoms with E-state index in [1.807, 2.05) is 0 Å². The van der Waals surface area contributed by atoms with Crippen molar-refractivity contribution in [2.75, 3.05) is 14.7 Å². The third kappa shape index (κ3) is 8.02. The van der Waals surface area contributed by atoms with Crippen LogP contribution in [0.5, 0.6) is 0 Å². The smallest absolute Gasteiger partial charge is 0.252 e. The molecule has 10 aromatic rings. The van der Waals surface area contributed by atoms with Gasteiger partial charge in [0.15, 0.2) is 11.2 Å². The summed E-state index contributed by atoms with van der Waals surface area (Å²) in [7, 11) is 0. The molecule has 6 heteroatoms. The van der Waals surface area contributed by atoms with E-state index in [2.05, 4.69) is 274 Å². The number of rotatable bonds is 3. The molecule has 444 valence electrons. The van der Waals surface area contributed by atoms with Gasteiger partial charge in [0.1, 0.15) is 11.2 Å². The van der Waals surface area contributed by atoms with Gasteiger partial charge in [0, 0.05) is 61.1 Å². The van der Waals surface area contributed by atoms with E-state index in [1.165, 1.54) is 108 Å². The fraction of sp³-hybridized carbons (Fsp3) is 0.407. The topological polar surface area (TPSA) is 36.0 Å². The average molecular weight is 1150 g/mol. The van der Waals surface area contributed by atoms with Gasteiger partial charge in [-0.3, -0.25) is 0 Å². The molecule has 5 aliphatic rings. The van der Waals surface area contributed by atoms with Gasteiger partial charge < -0.3 is 23.5 Å². The van der Waals surface area contributed by atoms with Crippen molar-refractivity contribution in [2.45, 2.75) is 214 Å². The molecule has 1 fully saturated rings. The van der Waals surface area contributed by atoms with Crippen molar-refractivity contribution in [1.29, 1.82) is 0 Å². The molecule has 0 N–H and O–H groups in total. The van der Waals surface area contributed by atoms with Crippen LogP contribution in [0, 0.1) is 6.92 Å². The highest BCUT2D eigenvalue weighted by Gasteiger charge is 2.58. The zero-order chi connectivity index (χ0) is 61.4. The Hall–Kier alpha value is -7.18. The van der Waals surface area contributed by atoms with E-state index in [9.17, 15) is 0 Å². The zero-order valence-corrected chi connectivity index (χ0v) is 55.6. The molecule has 87 heavy (non-hydrogen) atoms. The predicted molar refractivity (Wildman–Crippen MR) is 373 cm³/mol. The molecule has 2 aromatic heterocycles. The van der Waals surface area contributed by atoms with Crippen LogP contribution in [-0.2, 0) is 37.9 Å². The van der Waals surface area contributed by atoms with Gasteiger partial charge in [0.25, 0.3) is 6.71 Å². The molecule has 8 aromatic carbocycles. The number of para-hydroxylation sites is 1. The number of benzene rings is 8. The van der Waals surface area contributed by atoms with Gasteiger partial charge in [-0.2, -0.15) is 0 Å². The molecule has 0 spiro atoms. The van der Waals surface area contributed by atoms with Gasteiger partial charge in [-0.1, -0.05) is 191 Å². The Balaban J connectivity index is 1.07. The first-order chi connectivity index (χ1) is 40.8. The summed E-state index contributed by atoms with van der Waals surface area (Å²) >= 11 is 0. The van der Waals surface area contributed by atoms with E-state index in [4.69, 9.17) is 8.83 Å². The van der Waals surface area contributed by atoms with E-state index in [0.29, 0.717) is 0 Å². The number of fused-ring (bicyclic) bond motifs is 15. The minimum absolute atomic E-state index is 0.0148. The maximum absolute atomic E-state index is 7.48. The van der Waals surface area contributed by atoms with E-state index in [0.717, 1.165) is 80.9 Å². The van der Waals surface area contributed by atoms with E-state index in [1.54, 1.807) is 0 Å². The Bertz CT molecular complexity index is 4590. The molecule has 5 heterocycles. The van der Waals surface area contributed by atoms with E-state index < -0.39 is 0 Å². The van der Waals surface area contributed by atoms with Crippen molar-refractivity contribution in [3.63, 3.8) is 0 Å². The quantitative estimate of drug-likeness (QED) is 0.165. The summed E-state index contributed by atoms with van der Waals surface area (Å²) in [5, 5.41) is 4.60. The largest absolute Gasteiger partial charge is 0.454 e. The Morgan fingerprint density at radius 2 is 0.966 bits per heavy atom. The van der Waals surface area contributed by atoms with Gasteiger partial charge in [0.05, 0.1) is 16.9 Å². The first-order valence-electron chi connectivity index (χ1n) is 32.8.